The summed E-state index contributed by atoms with van der Waals surface area (Å²) < 4.78 is 16.0. The number of halogens is 1. The second-order valence-corrected chi connectivity index (χ2v) is 8.67. The van der Waals surface area contributed by atoms with E-state index in [1.807, 2.05) is 18.2 Å². The van der Waals surface area contributed by atoms with Crippen molar-refractivity contribution in [3.8, 4) is 0 Å². The van der Waals surface area contributed by atoms with Crippen molar-refractivity contribution < 1.29 is 4.39 Å². The Morgan fingerprint density at radius 1 is 1.19 bits per heavy atom. The molecule has 1 saturated heterocycles. The highest BCUT2D eigenvalue weighted by atomic mass is 19.1. The molecule has 32 heavy (non-hydrogen) atoms. The lowest BCUT2D eigenvalue weighted by atomic mass is 10.2. The fraction of sp³-hybridized carbons (Fsp3) is 0.375. The van der Waals surface area contributed by atoms with Crippen LogP contribution in [0.25, 0.3) is 11.0 Å². The molecular formula is C24H28FN7. The number of benzene rings is 1. The van der Waals surface area contributed by atoms with E-state index < -0.39 is 0 Å². The molecule has 3 aromatic rings. The van der Waals surface area contributed by atoms with E-state index in [-0.39, 0.29) is 5.82 Å². The van der Waals surface area contributed by atoms with E-state index in [1.54, 1.807) is 23.0 Å². The van der Waals surface area contributed by atoms with Gasteiger partial charge in [0, 0.05) is 37.1 Å². The molecule has 1 N–H and O–H groups in total. The molecule has 4 heterocycles. The van der Waals surface area contributed by atoms with Crippen LogP contribution >= 0.6 is 0 Å². The molecule has 0 amide bonds. The molecule has 2 aliphatic heterocycles. The molecular weight excluding hydrogens is 405 g/mol. The van der Waals surface area contributed by atoms with E-state index >= 15 is 0 Å². The Labute approximate surface area is 187 Å². The maximum Gasteiger partial charge on any atom is 0.158 e. The summed E-state index contributed by atoms with van der Waals surface area (Å²) in [4.78, 5) is 14.1. The predicted octanol–water partition coefficient (Wildman–Crippen LogP) is 2.84. The lowest BCUT2D eigenvalue weighted by molar-refractivity contribution is 0.247. The number of pyridine rings is 1. The van der Waals surface area contributed by atoms with E-state index in [1.165, 1.54) is 24.6 Å². The van der Waals surface area contributed by atoms with Gasteiger partial charge < -0.3 is 15.1 Å². The second-order valence-electron chi connectivity index (χ2n) is 8.67. The Balaban J connectivity index is 1.40. The zero-order chi connectivity index (χ0) is 22.1. The number of hydrogen-bond acceptors (Lipinski definition) is 6. The number of amidine groups is 1. The molecule has 2 aromatic heterocycles. The highest BCUT2D eigenvalue weighted by molar-refractivity contribution is 6.07. The van der Waals surface area contributed by atoms with Crippen LogP contribution in [-0.2, 0) is 6.54 Å². The first-order valence-corrected chi connectivity index (χ1v) is 11.1. The first-order chi connectivity index (χ1) is 15.6. The number of nitrogens with zero attached hydrogens (tertiary/aromatic N) is 6. The van der Waals surface area contributed by atoms with Crippen LogP contribution in [0.3, 0.4) is 0 Å². The van der Waals surface area contributed by atoms with Crippen molar-refractivity contribution >= 4 is 16.9 Å². The summed E-state index contributed by atoms with van der Waals surface area (Å²) in [5, 5.41) is 9.04. The normalized spacial score (nSPS) is 18.8. The van der Waals surface area contributed by atoms with E-state index in [9.17, 15) is 4.39 Å². The maximum atomic E-state index is 14.2. The third-order valence-corrected chi connectivity index (χ3v) is 6.11. The van der Waals surface area contributed by atoms with Crippen molar-refractivity contribution in [2.24, 2.45) is 4.99 Å². The molecule has 0 radical (unpaired) electrons. The molecule has 5 rings (SSSR count). The van der Waals surface area contributed by atoms with Crippen LogP contribution in [0.5, 0.6) is 0 Å². The minimum absolute atomic E-state index is 0.243. The SMILES string of the molecule is CN(C)CC1CCCN1C1=CNC(c2nn(Cc3ccccc3F)c3ncccc23)=NC1. The van der Waals surface area contributed by atoms with Gasteiger partial charge in [-0.15, -0.1) is 0 Å². The Morgan fingerprint density at radius 2 is 2.06 bits per heavy atom. The number of aromatic nitrogens is 3. The number of aliphatic imine (C=N–C) groups is 1. The topological polar surface area (TPSA) is 61.6 Å². The van der Waals surface area contributed by atoms with Crippen molar-refractivity contribution in [2.75, 3.05) is 33.7 Å². The predicted molar refractivity (Wildman–Crippen MR) is 124 cm³/mol. The molecule has 0 bridgehead atoms. The Hall–Kier alpha value is -3.26. The van der Waals surface area contributed by atoms with Crippen LogP contribution in [-0.4, -0.2) is 70.2 Å². The molecule has 0 spiro atoms. The number of fused-ring (bicyclic) bond motifs is 1. The van der Waals surface area contributed by atoms with Crippen LogP contribution in [0, 0.1) is 5.82 Å². The zero-order valence-corrected chi connectivity index (χ0v) is 18.5. The second kappa shape index (κ2) is 8.70. The molecule has 0 aliphatic carbocycles. The van der Waals surface area contributed by atoms with Crippen LogP contribution in [0.4, 0.5) is 4.39 Å². The van der Waals surface area contributed by atoms with Crippen LogP contribution in [0.1, 0.15) is 24.1 Å². The fourth-order valence-electron chi connectivity index (χ4n) is 4.63. The van der Waals surface area contributed by atoms with Crippen LogP contribution < -0.4 is 5.32 Å². The van der Waals surface area contributed by atoms with Gasteiger partial charge in [0.15, 0.2) is 11.5 Å². The average molecular weight is 434 g/mol. The van der Waals surface area contributed by atoms with Gasteiger partial charge in [-0.25, -0.2) is 14.1 Å². The molecule has 2 aliphatic rings. The molecule has 1 unspecified atom stereocenters. The number of hydrogen-bond donors (Lipinski definition) is 1. The highest BCUT2D eigenvalue weighted by Crippen LogP contribution is 2.25. The number of likely N-dealkylation sites (tertiary alicyclic amines) is 1. The number of nitrogens with one attached hydrogen (secondary N) is 1. The van der Waals surface area contributed by atoms with Gasteiger partial charge >= 0.3 is 0 Å². The van der Waals surface area contributed by atoms with Gasteiger partial charge in [0.25, 0.3) is 0 Å². The Morgan fingerprint density at radius 3 is 2.84 bits per heavy atom. The summed E-state index contributed by atoms with van der Waals surface area (Å²) in [6.45, 7) is 3.05. The van der Waals surface area contributed by atoms with Gasteiger partial charge in [-0.05, 0) is 45.1 Å². The molecule has 0 saturated carbocycles. The van der Waals surface area contributed by atoms with Crippen molar-refractivity contribution in [1.29, 1.82) is 0 Å². The van der Waals surface area contributed by atoms with E-state index in [2.05, 4.69) is 40.4 Å². The molecule has 1 aromatic carbocycles. The molecule has 166 valence electrons. The first kappa shape index (κ1) is 20.6. The Kier molecular flexibility index (Phi) is 5.61. The molecule has 1 atom stereocenters. The van der Waals surface area contributed by atoms with Crippen molar-refractivity contribution in [3.63, 3.8) is 0 Å². The average Bonchev–Trinajstić information content (AvgIpc) is 3.40. The van der Waals surface area contributed by atoms with E-state index in [0.29, 0.717) is 24.7 Å². The quantitative estimate of drug-likeness (QED) is 0.648. The van der Waals surface area contributed by atoms with Gasteiger partial charge in [-0.1, -0.05) is 18.2 Å². The smallest absolute Gasteiger partial charge is 0.158 e. The van der Waals surface area contributed by atoms with Crippen molar-refractivity contribution in [1.82, 2.24) is 29.9 Å². The number of rotatable bonds is 6. The van der Waals surface area contributed by atoms with Gasteiger partial charge in [0.05, 0.1) is 24.2 Å². The summed E-state index contributed by atoms with van der Waals surface area (Å²) in [7, 11) is 4.24. The van der Waals surface area contributed by atoms with Gasteiger partial charge in [-0.3, -0.25) is 4.99 Å². The summed E-state index contributed by atoms with van der Waals surface area (Å²) >= 11 is 0. The minimum atomic E-state index is -0.243. The summed E-state index contributed by atoms with van der Waals surface area (Å²) in [5.74, 6) is 0.481. The Bertz CT molecular complexity index is 1180. The summed E-state index contributed by atoms with van der Waals surface area (Å²) in [6, 6.07) is 11.2. The lowest BCUT2D eigenvalue weighted by Crippen LogP contribution is -2.40. The zero-order valence-electron chi connectivity index (χ0n) is 18.5. The summed E-state index contributed by atoms with van der Waals surface area (Å²) in [6.07, 6.45) is 6.22. The fourth-order valence-corrected chi connectivity index (χ4v) is 4.63. The standard InChI is InChI=1S/C24H28FN7/c1-30(2)16-18-8-6-12-31(18)19-13-27-23(28-14-19)22-20-9-5-11-26-24(20)32(29-22)15-17-7-3-4-10-21(17)25/h3-5,7,9-11,13,18H,6,8,12,14-16H2,1-2H3,(H,27,28). The van der Waals surface area contributed by atoms with E-state index in [0.717, 1.165) is 35.7 Å². The third kappa shape index (κ3) is 3.98. The minimum Gasteiger partial charge on any atom is -0.368 e. The lowest BCUT2D eigenvalue weighted by Gasteiger charge is -2.31. The number of likely N-dealkylation sites (N-methyl/N-ethyl adjacent to an activating group) is 1. The highest BCUT2D eigenvalue weighted by Gasteiger charge is 2.28. The molecule has 8 heteroatoms. The van der Waals surface area contributed by atoms with Crippen LogP contribution in [0.2, 0.25) is 0 Å². The van der Waals surface area contributed by atoms with Gasteiger partial charge in [-0.2, -0.15) is 5.10 Å². The van der Waals surface area contributed by atoms with Gasteiger partial charge in [0.1, 0.15) is 11.5 Å². The molecule has 1 fully saturated rings. The van der Waals surface area contributed by atoms with Crippen molar-refractivity contribution in [2.45, 2.75) is 25.4 Å². The molecule has 7 nitrogen and oxygen atoms in total. The monoisotopic (exact) mass is 433 g/mol. The first-order valence-electron chi connectivity index (χ1n) is 11.1. The third-order valence-electron chi connectivity index (χ3n) is 6.11. The largest absolute Gasteiger partial charge is 0.368 e. The van der Waals surface area contributed by atoms with Gasteiger partial charge in [0.2, 0.25) is 0 Å². The summed E-state index contributed by atoms with van der Waals surface area (Å²) in [5.41, 5.74) is 3.25. The van der Waals surface area contributed by atoms with Crippen LogP contribution in [0.15, 0.2) is 59.5 Å². The van der Waals surface area contributed by atoms with Crippen molar-refractivity contribution in [3.05, 3.63) is 71.6 Å². The maximum absolute atomic E-state index is 14.2. The van der Waals surface area contributed by atoms with E-state index in [4.69, 9.17) is 10.1 Å².